The Balaban J connectivity index is 1.53. The van der Waals surface area contributed by atoms with Crippen molar-refractivity contribution < 1.29 is 4.42 Å². The zero-order valence-electron chi connectivity index (χ0n) is 15.1. The number of aromatic nitrogens is 6. The van der Waals surface area contributed by atoms with Gasteiger partial charge in [-0.15, -0.1) is 0 Å². The van der Waals surface area contributed by atoms with E-state index >= 15 is 0 Å². The Morgan fingerprint density at radius 3 is 2.62 bits per heavy atom. The van der Waals surface area contributed by atoms with Crippen LogP contribution in [0.25, 0.3) is 55.8 Å². The first kappa shape index (κ1) is 15.8. The lowest BCUT2D eigenvalue weighted by atomic mass is 10.1. The Bertz CT molecular complexity index is 1450. The molecule has 2 N–H and O–H groups in total. The normalized spacial score (nSPS) is 11.4. The largest absolute Gasteiger partial charge is 0.472 e. The molecule has 0 fully saturated rings. The van der Waals surface area contributed by atoms with Crippen molar-refractivity contribution >= 4 is 21.8 Å². The van der Waals surface area contributed by atoms with Gasteiger partial charge in [-0.3, -0.25) is 20.1 Å². The Morgan fingerprint density at radius 1 is 0.793 bits per heavy atom. The summed E-state index contributed by atoms with van der Waals surface area (Å²) >= 11 is 0. The van der Waals surface area contributed by atoms with Crippen molar-refractivity contribution in [3.8, 4) is 34.0 Å². The molecule has 6 aromatic heterocycles. The van der Waals surface area contributed by atoms with E-state index in [1.165, 1.54) is 0 Å². The SMILES string of the molecule is c1ccc(-c2cc3c(-c4cc5c(-c6ccoc6)nccc5[nH]4)n[nH]c3cn2)nc1. The number of pyridine rings is 3. The van der Waals surface area contributed by atoms with E-state index in [4.69, 9.17) is 4.42 Å². The maximum Gasteiger partial charge on any atom is 0.116 e. The van der Waals surface area contributed by atoms with Gasteiger partial charge in [0, 0.05) is 34.2 Å². The summed E-state index contributed by atoms with van der Waals surface area (Å²) in [7, 11) is 0. The standard InChI is InChI=1S/C22H14N6O/c1-2-6-23-17(3-1)18-9-15-20(11-25-18)27-28-22(15)19-10-14-16(26-19)4-7-24-21(14)13-5-8-29-12-13/h1-12,26H,(H,27,28). The molecule has 29 heavy (non-hydrogen) atoms. The number of nitrogens with one attached hydrogen (secondary N) is 2. The van der Waals surface area contributed by atoms with Crippen molar-refractivity contribution in [2.75, 3.05) is 0 Å². The van der Waals surface area contributed by atoms with Crippen LogP contribution in [-0.2, 0) is 0 Å². The molecule has 6 aromatic rings. The maximum atomic E-state index is 5.23. The molecule has 6 heterocycles. The fraction of sp³-hybridized carbons (Fsp3) is 0. The van der Waals surface area contributed by atoms with E-state index in [0.29, 0.717) is 0 Å². The average Bonchev–Trinajstić information content (AvgIpc) is 3.52. The van der Waals surface area contributed by atoms with Crippen molar-refractivity contribution in [3.63, 3.8) is 0 Å². The summed E-state index contributed by atoms with van der Waals surface area (Å²) in [6, 6.07) is 13.7. The molecule has 0 aliphatic rings. The predicted molar refractivity (Wildman–Crippen MR) is 110 cm³/mol. The van der Waals surface area contributed by atoms with Crippen LogP contribution in [0.15, 0.2) is 78.0 Å². The lowest BCUT2D eigenvalue weighted by molar-refractivity contribution is 0.568. The average molecular weight is 378 g/mol. The number of rotatable bonds is 3. The Hall–Kier alpha value is -4.26. The molecule has 6 rings (SSSR count). The third-order valence-corrected chi connectivity index (χ3v) is 4.97. The summed E-state index contributed by atoms with van der Waals surface area (Å²) in [5, 5.41) is 9.59. The van der Waals surface area contributed by atoms with Gasteiger partial charge in [0.25, 0.3) is 0 Å². The van der Waals surface area contributed by atoms with Gasteiger partial charge in [0.15, 0.2) is 0 Å². The topological polar surface area (TPSA) is 96.3 Å². The van der Waals surface area contributed by atoms with E-state index in [1.807, 2.05) is 36.4 Å². The summed E-state index contributed by atoms with van der Waals surface area (Å²) in [6.45, 7) is 0. The molecule has 7 nitrogen and oxygen atoms in total. The summed E-state index contributed by atoms with van der Waals surface area (Å²) in [5.41, 5.74) is 7.02. The molecule has 0 spiro atoms. The number of H-pyrrole nitrogens is 2. The molecule has 138 valence electrons. The second-order valence-corrected chi connectivity index (χ2v) is 6.72. The van der Waals surface area contributed by atoms with E-state index in [0.717, 1.165) is 55.8 Å². The minimum absolute atomic E-state index is 0.803. The van der Waals surface area contributed by atoms with Gasteiger partial charge in [0.1, 0.15) is 5.69 Å². The summed E-state index contributed by atoms with van der Waals surface area (Å²) in [4.78, 5) is 16.9. The highest BCUT2D eigenvalue weighted by Crippen LogP contribution is 2.33. The fourth-order valence-corrected chi connectivity index (χ4v) is 3.59. The highest BCUT2D eigenvalue weighted by atomic mass is 16.3. The molecule has 7 heteroatoms. The van der Waals surface area contributed by atoms with Crippen LogP contribution >= 0.6 is 0 Å². The Labute approximate surface area is 164 Å². The van der Waals surface area contributed by atoms with Gasteiger partial charge in [-0.1, -0.05) is 6.07 Å². The second kappa shape index (κ2) is 6.13. The number of fused-ring (bicyclic) bond motifs is 2. The fourth-order valence-electron chi connectivity index (χ4n) is 3.59. The number of nitrogens with zero attached hydrogens (tertiary/aromatic N) is 4. The van der Waals surface area contributed by atoms with Crippen LogP contribution < -0.4 is 0 Å². The summed E-state index contributed by atoms with van der Waals surface area (Å²) in [5.74, 6) is 0. The van der Waals surface area contributed by atoms with Crippen LogP contribution in [-0.4, -0.2) is 30.1 Å². The van der Waals surface area contributed by atoms with Crippen molar-refractivity contribution in [3.05, 3.63) is 73.6 Å². The zero-order chi connectivity index (χ0) is 19.2. The van der Waals surface area contributed by atoms with Crippen molar-refractivity contribution in [1.29, 1.82) is 0 Å². The van der Waals surface area contributed by atoms with E-state index in [9.17, 15) is 0 Å². The Morgan fingerprint density at radius 2 is 1.76 bits per heavy atom. The van der Waals surface area contributed by atoms with Crippen molar-refractivity contribution in [2.24, 2.45) is 0 Å². The van der Waals surface area contributed by atoms with Gasteiger partial charge in [-0.2, -0.15) is 5.10 Å². The smallest absolute Gasteiger partial charge is 0.116 e. The zero-order valence-corrected chi connectivity index (χ0v) is 15.1. The number of aromatic amines is 2. The first-order valence-electron chi connectivity index (χ1n) is 9.13. The summed E-state index contributed by atoms with van der Waals surface area (Å²) < 4.78 is 5.23. The molecule has 0 bridgehead atoms. The first-order valence-corrected chi connectivity index (χ1v) is 9.13. The molecule has 0 saturated carbocycles. The number of hydrogen-bond acceptors (Lipinski definition) is 5. The lowest BCUT2D eigenvalue weighted by Gasteiger charge is -2.00. The summed E-state index contributed by atoms with van der Waals surface area (Å²) in [6.07, 6.45) is 8.69. The molecule has 0 unspecified atom stereocenters. The van der Waals surface area contributed by atoms with E-state index in [-0.39, 0.29) is 0 Å². The maximum absolute atomic E-state index is 5.23. The molecule has 0 amide bonds. The third kappa shape index (κ3) is 2.52. The van der Waals surface area contributed by atoms with Gasteiger partial charge in [-0.25, -0.2) is 0 Å². The molecule has 0 radical (unpaired) electrons. The van der Waals surface area contributed by atoms with Crippen molar-refractivity contribution in [1.82, 2.24) is 30.1 Å². The van der Waals surface area contributed by atoms with Crippen LogP contribution in [0.5, 0.6) is 0 Å². The van der Waals surface area contributed by atoms with E-state index in [1.54, 1.807) is 31.1 Å². The molecule has 0 aromatic carbocycles. The molecule has 0 aliphatic heterocycles. The predicted octanol–water partition coefficient (Wildman–Crippen LogP) is 4.82. The van der Waals surface area contributed by atoms with E-state index < -0.39 is 0 Å². The second-order valence-electron chi connectivity index (χ2n) is 6.72. The van der Waals surface area contributed by atoms with Crippen LogP contribution in [0.3, 0.4) is 0 Å². The minimum Gasteiger partial charge on any atom is -0.472 e. The number of hydrogen-bond donors (Lipinski definition) is 2. The van der Waals surface area contributed by atoms with Crippen LogP contribution in [0.2, 0.25) is 0 Å². The van der Waals surface area contributed by atoms with Crippen LogP contribution in [0, 0.1) is 0 Å². The molecular weight excluding hydrogens is 364 g/mol. The Kier molecular flexibility index (Phi) is 3.33. The molecule has 0 aliphatic carbocycles. The highest BCUT2D eigenvalue weighted by molar-refractivity contribution is 6.00. The third-order valence-electron chi connectivity index (χ3n) is 4.97. The number of furan rings is 1. The van der Waals surface area contributed by atoms with Gasteiger partial charge in [0.05, 0.1) is 47.0 Å². The lowest BCUT2D eigenvalue weighted by Crippen LogP contribution is -1.86. The van der Waals surface area contributed by atoms with Gasteiger partial charge >= 0.3 is 0 Å². The molecular formula is C22H14N6O. The minimum atomic E-state index is 0.803. The van der Waals surface area contributed by atoms with Crippen molar-refractivity contribution in [2.45, 2.75) is 0 Å². The molecule has 0 saturated heterocycles. The van der Waals surface area contributed by atoms with Gasteiger partial charge < -0.3 is 9.40 Å². The quantitative estimate of drug-likeness (QED) is 0.460. The monoisotopic (exact) mass is 378 g/mol. The highest BCUT2D eigenvalue weighted by Gasteiger charge is 2.15. The van der Waals surface area contributed by atoms with E-state index in [2.05, 4.69) is 36.2 Å². The van der Waals surface area contributed by atoms with Gasteiger partial charge in [0.2, 0.25) is 0 Å². The molecule has 0 atom stereocenters. The van der Waals surface area contributed by atoms with Gasteiger partial charge in [-0.05, 0) is 36.4 Å². The van der Waals surface area contributed by atoms with Crippen LogP contribution in [0.1, 0.15) is 0 Å². The van der Waals surface area contributed by atoms with Crippen LogP contribution in [0.4, 0.5) is 0 Å². The first-order chi connectivity index (χ1) is 14.4.